The van der Waals surface area contributed by atoms with Crippen molar-refractivity contribution >= 4 is 27.5 Å². The van der Waals surface area contributed by atoms with Gasteiger partial charge in [0.1, 0.15) is 18.3 Å². The zero-order chi connectivity index (χ0) is 27.9. The third kappa shape index (κ3) is 6.72. The van der Waals surface area contributed by atoms with Crippen LogP contribution < -0.4 is 14.4 Å². The van der Waals surface area contributed by atoms with Crippen molar-refractivity contribution in [2.45, 2.75) is 45.2 Å². The van der Waals surface area contributed by atoms with Crippen LogP contribution in [0, 0.1) is 13.8 Å². The molecule has 0 spiro atoms. The Bertz CT molecular complexity index is 1360. The number of carbonyl (C=O) groups excluding carboxylic acids is 2. The van der Waals surface area contributed by atoms with Gasteiger partial charge in [-0.2, -0.15) is 0 Å². The van der Waals surface area contributed by atoms with E-state index in [0.717, 1.165) is 21.0 Å². The predicted octanol–water partition coefficient (Wildman–Crippen LogP) is 4.06. The Morgan fingerprint density at radius 3 is 2.18 bits per heavy atom. The topological polar surface area (TPSA) is 96.0 Å². The minimum absolute atomic E-state index is 0.0736. The van der Waals surface area contributed by atoms with Crippen molar-refractivity contribution in [3.05, 3.63) is 89.5 Å². The number of ether oxygens (including phenoxy) is 1. The maximum absolute atomic E-state index is 13.8. The van der Waals surface area contributed by atoms with E-state index in [1.165, 1.54) is 17.0 Å². The van der Waals surface area contributed by atoms with Crippen LogP contribution in [0.5, 0.6) is 5.75 Å². The molecule has 202 valence electrons. The minimum Gasteiger partial charge on any atom is -0.497 e. The van der Waals surface area contributed by atoms with Gasteiger partial charge in [0.15, 0.2) is 0 Å². The molecule has 2 amide bonds. The number of rotatable bonds is 11. The van der Waals surface area contributed by atoms with Crippen molar-refractivity contribution in [3.8, 4) is 5.75 Å². The van der Waals surface area contributed by atoms with E-state index in [0.29, 0.717) is 18.0 Å². The Labute approximate surface area is 225 Å². The Balaban J connectivity index is 2.03. The van der Waals surface area contributed by atoms with Crippen molar-refractivity contribution in [3.63, 3.8) is 0 Å². The molecule has 0 radical (unpaired) electrons. The zero-order valence-electron chi connectivity index (χ0n) is 22.5. The van der Waals surface area contributed by atoms with Crippen LogP contribution >= 0.6 is 0 Å². The summed E-state index contributed by atoms with van der Waals surface area (Å²) in [5, 5.41) is 2.75. The maximum atomic E-state index is 13.8. The molecule has 8 nitrogen and oxygen atoms in total. The van der Waals surface area contributed by atoms with Crippen LogP contribution in [0.4, 0.5) is 5.69 Å². The van der Waals surface area contributed by atoms with Gasteiger partial charge in [0.25, 0.3) is 10.0 Å². The molecule has 0 bridgehead atoms. The summed E-state index contributed by atoms with van der Waals surface area (Å²) in [6, 6.07) is 19.6. The molecular weight excluding hydrogens is 502 g/mol. The number of hydrogen-bond acceptors (Lipinski definition) is 5. The smallest absolute Gasteiger partial charge is 0.264 e. The number of sulfonamides is 1. The highest BCUT2D eigenvalue weighted by atomic mass is 32.2. The first-order valence-electron chi connectivity index (χ1n) is 12.4. The van der Waals surface area contributed by atoms with Crippen LogP contribution in [0.2, 0.25) is 0 Å². The van der Waals surface area contributed by atoms with Gasteiger partial charge in [-0.05, 0) is 80.8 Å². The lowest BCUT2D eigenvalue weighted by Gasteiger charge is -2.32. The second-order valence-corrected chi connectivity index (χ2v) is 10.9. The van der Waals surface area contributed by atoms with Crippen LogP contribution in [-0.4, -0.2) is 51.4 Å². The van der Waals surface area contributed by atoms with E-state index >= 15 is 0 Å². The van der Waals surface area contributed by atoms with Gasteiger partial charge < -0.3 is 15.0 Å². The quantitative estimate of drug-likeness (QED) is 0.398. The van der Waals surface area contributed by atoms with E-state index in [9.17, 15) is 18.0 Å². The number of hydrogen-bond donors (Lipinski definition) is 1. The first kappa shape index (κ1) is 28.7. The molecule has 0 heterocycles. The van der Waals surface area contributed by atoms with Crippen molar-refractivity contribution in [1.82, 2.24) is 10.2 Å². The van der Waals surface area contributed by atoms with Gasteiger partial charge in [-0.1, -0.05) is 36.4 Å². The monoisotopic (exact) mass is 537 g/mol. The molecular formula is C29H35N3O5S. The molecule has 0 aliphatic rings. The molecule has 3 rings (SSSR count). The number of aryl methyl sites for hydroxylation is 2. The SMILES string of the molecule is CCNC(=O)[C@@H](C)N(Cc1ccc(OC)cc1)C(=O)CN(c1ccc(C)c(C)c1)S(=O)(=O)c1ccccc1. The van der Waals surface area contributed by atoms with Gasteiger partial charge in [-0.3, -0.25) is 13.9 Å². The third-order valence-corrected chi connectivity index (χ3v) is 8.21. The van der Waals surface area contributed by atoms with E-state index in [2.05, 4.69) is 5.32 Å². The van der Waals surface area contributed by atoms with E-state index in [4.69, 9.17) is 4.74 Å². The fraction of sp³-hybridized carbons (Fsp3) is 0.310. The summed E-state index contributed by atoms with van der Waals surface area (Å²) in [5.74, 6) is -0.159. The lowest BCUT2D eigenvalue weighted by molar-refractivity contribution is -0.139. The number of amides is 2. The number of benzene rings is 3. The van der Waals surface area contributed by atoms with E-state index in [-0.39, 0.29) is 17.3 Å². The minimum atomic E-state index is -4.08. The Morgan fingerprint density at radius 1 is 0.947 bits per heavy atom. The van der Waals surface area contributed by atoms with Gasteiger partial charge in [-0.15, -0.1) is 0 Å². The van der Waals surface area contributed by atoms with Crippen molar-refractivity contribution < 1.29 is 22.7 Å². The summed E-state index contributed by atoms with van der Waals surface area (Å²) in [5.41, 5.74) is 3.05. The number of nitrogens with zero attached hydrogens (tertiary/aromatic N) is 2. The first-order chi connectivity index (χ1) is 18.1. The van der Waals surface area contributed by atoms with Crippen molar-refractivity contribution in [2.24, 2.45) is 0 Å². The van der Waals surface area contributed by atoms with Crippen molar-refractivity contribution in [1.29, 1.82) is 0 Å². The van der Waals surface area contributed by atoms with Gasteiger partial charge in [0.05, 0.1) is 17.7 Å². The average molecular weight is 538 g/mol. The Hall–Kier alpha value is -3.85. The normalized spacial score (nSPS) is 11.9. The molecule has 1 atom stereocenters. The van der Waals surface area contributed by atoms with E-state index in [1.54, 1.807) is 63.4 Å². The lowest BCUT2D eigenvalue weighted by atomic mass is 10.1. The van der Waals surface area contributed by atoms with Crippen LogP contribution in [0.25, 0.3) is 0 Å². The predicted molar refractivity (Wildman–Crippen MR) is 149 cm³/mol. The zero-order valence-corrected chi connectivity index (χ0v) is 23.3. The molecule has 1 N–H and O–H groups in total. The first-order valence-corrected chi connectivity index (χ1v) is 13.9. The fourth-order valence-electron chi connectivity index (χ4n) is 3.96. The molecule has 9 heteroatoms. The summed E-state index contributed by atoms with van der Waals surface area (Å²) < 4.78 is 33.9. The lowest BCUT2D eigenvalue weighted by Crippen LogP contribution is -2.51. The summed E-state index contributed by atoms with van der Waals surface area (Å²) in [7, 11) is -2.52. The van der Waals surface area contributed by atoms with E-state index in [1.807, 2.05) is 32.0 Å². The molecule has 0 fully saturated rings. The number of methoxy groups -OCH3 is 1. The molecule has 0 saturated carbocycles. The van der Waals surface area contributed by atoms with Crippen LogP contribution in [0.3, 0.4) is 0 Å². The molecule has 3 aromatic carbocycles. The molecule has 0 unspecified atom stereocenters. The van der Waals surface area contributed by atoms with Gasteiger partial charge in [0.2, 0.25) is 11.8 Å². The Morgan fingerprint density at radius 2 is 1.61 bits per heavy atom. The second-order valence-electron chi connectivity index (χ2n) is 9.03. The van der Waals surface area contributed by atoms with Gasteiger partial charge in [0, 0.05) is 13.1 Å². The fourth-order valence-corrected chi connectivity index (χ4v) is 5.39. The summed E-state index contributed by atoms with van der Waals surface area (Å²) in [4.78, 5) is 28.1. The number of likely N-dealkylation sites (N-methyl/N-ethyl adjacent to an activating group) is 1. The van der Waals surface area contributed by atoms with Crippen molar-refractivity contribution in [2.75, 3.05) is 24.5 Å². The highest BCUT2D eigenvalue weighted by molar-refractivity contribution is 7.92. The molecule has 0 aliphatic heterocycles. The molecule has 0 aliphatic carbocycles. The molecule has 38 heavy (non-hydrogen) atoms. The summed E-state index contributed by atoms with van der Waals surface area (Å²) >= 11 is 0. The highest BCUT2D eigenvalue weighted by Crippen LogP contribution is 2.26. The number of anilines is 1. The van der Waals surface area contributed by atoms with Gasteiger partial charge >= 0.3 is 0 Å². The second kappa shape index (κ2) is 12.6. The average Bonchev–Trinajstić information content (AvgIpc) is 2.92. The summed E-state index contributed by atoms with van der Waals surface area (Å²) in [6.07, 6.45) is 0. The van der Waals surface area contributed by atoms with Crippen LogP contribution in [-0.2, 0) is 26.2 Å². The third-order valence-electron chi connectivity index (χ3n) is 6.42. The summed E-state index contributed by atoms with van der Waals surface area (Å²) in [6.45, 7) is 7.32. The largest absolute Gasteiger partial charge is 0.497 e. The van der Waals surface area contributed by atoms with E-state index < -0.39 is 28.5 Å². The Kier molecular flexibility index (Phi) is 9.52. The molecule has 3 aromatic rings. The maximum Gasteiger partial charge on any atom is 0.264 e. The number of nitrogens with one attached hydrogen (secondary N) is 1. The molecule has 0 aromatic heterocycles. The van der Waals surface area contributed by atoms with Crippen LogP contribution in [0.15, 0.2) is 77.7 Å². The highest BCUT2D eigenvalue weighted by Gasteiger charge is 2.32. The van der Waals surface area contributed by atoms with Gasteiger partial charge in [-0.25, -0.2) is 8.42 Å². The standard InChI is InChI=1S/C29H35N3O5S/c1-6-30-29(34)23(4)31(19-24-13-16-26(37-5)17-14-24)28(33)20-32(25-15-12-21(2)22(3)18-25)38(35,36)27-10-8-7-9-11-27/h7-18,23H,6,19-20H2,1-5H3,(H,30,34)/t23-/m1/s1. The number of carbonyl (C=O) groups is 2. The van der Waals surface area contributed by atoms with Crippen LogP contribution in [0.1, 0.15) is 30.5 Å². The molecule has 0 saturated heterocycles.